The van der Waals surface area contributed by atoms with Gasteiger partial charge in [-0.2, -0.15) is 0 Å². The highest BCUT2D eigenvalue weighted by atomic mass is 35.5. The number of pyridine rings is 1. The number of nitrogens with zero attached hydrogens (tertiary/aromatic N) is 2. The van der Waals surface area contributed by atoms with E-state index in [9.17, 15) is 4.79 Å². The number of aromatic nitrogens is 2. The number of carbonyl (C=O) groups is 1. The van der Waals surface area contributed by atoms with Crippen LogP contribution in [0.4, 0.5) is 5.82 Å². The molecule has 1 amide bonds. The molecule has 1 atom stereocenters. The Morgan fingerprint density at radius 2 is 1.95 bits per heavy atom. The lowest BCUT2D eigenvalue weighted by Gasteiger charge is -2.08. The molecule has 0 fully saturated rings. The highest BCUT2D eigenvalue weighted by Crippen LogP contribution is 2.21. The van der Waals surface area contributed by atoms with Crippen LogP contribution in [-0.2, 0) is 11.2 Å². The highest BCUT2D eigenvalue weighted by Gasteiger charge is 2.17. The summed E-state index contributed by atoms with van der Waals surface area (Å²) in [5.41, 5.74) is 2.76. The van der Waals surface area contributed by atoms with Gasteiger partial charge in [-0.3, -0.25) is 9.20 Å². The predicted octanol–water partition coefficient (Wildman–Crippen LogP) is 3.49. The summed E-state index contributed by atoms with van der Waals surface area (Å²) >= 11 is 5.87. The van der Waals surface area contributed by atoms with E-state index in [1.165, 1.54) is 0 Å². The summed E-state index contributed by atoms with van der Waals surface area (Å²) < 4.78 is 1.87. The van der Waals surface area contributed by atoms with E-state index < -0.39 is 5.38 Å². The fourth-order valence-electron chi connectivity index (χ4n) is 2.31. The lowest BCUT2D eigenvalue weighted by atomic mass is 10.1. The molecule has 1 aromatic carbocycles. The molecule has 0 aliphatic carbocycles. The number of alkyl halides is 1. The molecule has 0 saturated carbocycles. The minimum absolute atomic E-state index is 0.235. The van der Waals surface area contributed by atoms with Crippen LogP contribution < -0.4 is 5.32 Å². The number of rotatable bonds is 4. The van der Waals surface area contributed by atoms with Crippen molar-refractivity contribution in [1.29, 1.82) is 0 Å². The van der Waals surface area contributed by atoms with Gasteiger partial charge in [0.05, 0.1) is 5.69 Å². The monoisotopic (exact) mass is 313 g/mol. The average molecular weight is 314 g/mol. The van der Waals surface area contributed by atoms with Crippen LogP contribution in [0.5, 0.6) is 0 Å². The number of carbonyl (C=O) groups excluding carboxylic acids is 1. The molecule has 112 valence electrons. The Morgan fingerprint density at radius 1 is 1.23 bits per heavy atom. The Bertz CT molecular complexity index is 796. The second kappa shape index (κ2) is 6.20. The van der Waals surface area contributed by atoms with E-state index in [2.05, 4.69) is 10.3 Å². The van der Waals surface area contributed by atoms with Crippen LogP contribution in [0.1, 0.15) is 18.2 Å². The minimum Gasteiger partial charge on any atom is -0.309 e. The van der Waals surface area contributed by atoms with Gasteiger partial charge in [0.1, 0.15) is 16.8 Å². The number of benzene rings is 1. The Labute approximate surface area is 133 Å². The van der Waals surface area contributed by atoms with Crippen molar-refractivity contribution in [2.45, 2.75) is 18.7 Å². The lowest BCUT2D eigenvalue weighted by Crippen LogP contribution is -2.22. The summed E-state index contributed by atoms with van der Waals surface area (Å²) in [4.78, 5) is 16.6. The van der Waals surface area contributed by atoms with Gasteiger partial charge < -0.3 is 5.32 Å². The average Bonchev–Trinajstić information content (AvgIpc) is 2.86. The topological polar surface area (TPSA) is 46.4 Å². The van der Waals surface area contributed by atoms with Gasteiger partial charge in [-0.1, -0.05) is 36.4 Å². The van der Waals surface area contributed by atoms with Gasteiger partial charge in [-0.25, -0.2) is 4.98 Å². The number of hydrogen-bond acceptors (Lipinski definition) is 2. The van der Waals surface area contributed by atoms with Crippen molar-refractivity contribution in [3.63, 3.8) is 0 Å². The second-order valence-electron chi connectivity index (χ2n) is 5.10. The number of hydrogen-bond donors (Lipinski definition) is 1. The van der Waals surface area contributed by atoms with E-state index in [0.717, 1.165) is 16.9 Å². The number of amides is 1. The summed E-state index contributed by atoms with van der Waals surface area (Å²) in [5, 5.41) is 2.28. The Morgan fingerprint density at radius 3 is 2.68 bits per heavy atom. The first-order chi connectivity index (χ1) is 10.6. The normalized spacial score (nSPS) is 12.3. The second-order valence-corrected chi connectivity index (χ2v) is 5.76. The third kappa shape index (κ3) is 2.97. The molecule has 0 saturated heterocycles. The van der Waals surface area contributed by atoms with E-state index in [4.69, 9.17) is 11.6 Å². The van der Waals surface area contributed by atoms with Crippen LogP contribution in [0.25, 0.3) is 5.65 Å². The van der Waals surface area contributed by atoms with Crippen LogP contribution >= 0.6 is 11.6 Å². The molecule has 0 spiro atoms. The summed E-state index contributed by atoms with van der Waals surface area (Å²) in [6.07, 6.45) is 2.53. The quantitative estimate of drug-likeness (QED) is 0.749. The van der Waals surface area contributed by atoms with Crippen molar-refractivity contribution in [2.75, 3.05) is 5.32 Å². The molecule has 22 heavy (non-hydrogen) atoms. The van der Waals surface area contributed by atoms with Crippen molar-refractivity contribution in [1.82, 2.24) is 9.38 Å². The molecule has 0 unspecified atom stereocenters. The molecule has 5 heteroatoms. The summed E-state index contributed by atoms with van der Waals surface area (Å²) in [6, 6.07) is 15.8. The molecule has 1 N–H and O–H groups in total. The number of imidazole rings is 1. The van der Waals surface area contributed by atoms with Crippen LogP contribution in [0, 0.1) is 0 Å². The van der Waals surface area contributed by atoms with Crippen LogP contribution in [0.15, 0.2) is 54.7 Å². The van der Waals surface area contributed by atoms with Gasteiger partial charge in [-0.05, 0) is 24.6 Å². The highest BCUT2D eigenvalue weighted by molar-refractivity contribution is 6.32. The van der Waals surface area contributed by atoms with Crippen molar-refractivity contribution < 1.29 is 4.79 Å². The zero-order chi connectivity index (χ0) is 15.5. The Hall–Kier alpha value is -2.33. The molecular formula is C17H16ClN3O. The molecule has 2 aromatic heterocycles. The molecule has 0 aliphatic heterocycles. The zero-order valence-electron chi connectivity index (χ0n) is 12.2. The molecule has 3 rings (SSSR count). The van der Waals surface area contributed by atoms with E-state index >= 15 is 0 Å². The van der Waals surface area contributed by atoms with Crippen LogP contribution in [0.3, 0.4) is 0 Å². The maximum atomic E-state index is 12.0. The number of halogens is 1. The van der Waals surface area contributed by atoms with E-state index in [1.54, 1.807) is 6.92 Å². The van der Waals surface area contributed by atoms with Gasteiger partial charge in [-0.15, -0.1) is 11.6 Å². The van der Waals surface area contributed by atoms with E-state index in [0.29, 0.717) is 12.2 Å². The Balaban J connectivity index is 2.02. The largest absolute Gasteiger partial charge is 0.309 e. The fourth-order valence-corrected chi connectivity index (χ4v) is 2.36. The smallest absolute Gasteiger partial charge is 0.243 e. The number of nitrogens with one attached hydrogen (secondary N) is 1. The van der Waals surface area contributed by atoms with Gasteiger partial charge in [0, 0.05) is 12.6 Å². The van der Waals surface area contributed by atoms with Crippen molar-refractivity contribution >= 4 is 29.0 Å². The van der Waals surface area contributed by atoms with Crippen molar-refractivity contribution in [3.8, 4) is 0 Å². The first-order valence-electron chi connectivity index (χ1n) is 7.10. The standard InChI is InChI=1S/C17H16ClN3O/c1-12(18)17(22)20-16-14(11-13-7-3-2-4-8-13)19-15-9-5-6-10-21(15)16/h2-10,12H,11H2,1H3,(H,20,22)/t12-/m1/s1. The maximum absolute atomic E-state index is 12.0. The summed E-state index contributed by atoms with van der Waals surface area (Å²) in [5.74, 6) is 0.443. The summed E-state index contributed by atoms with van der Waals surface area (Å²) in [7, 11) is 0. The lowest BCUT2D eigenvalue weighted by molar-refractivity contribution is -0.115. The SMILES string of the molecule is C[C@@H](Cl)C(=O)Nc1c(Cc2ccccc2)nc2ccccn12. The third-order valence-electron chi connectivity index (χ3n) is 3.42. The van der Waals surface area contributed by atoms with Gasteiger partial charge >= 0.3 is 0 Å². The molecular weight excluding hydrogens is 298 g/mol. The van der Waals surface area contributed by atoms with Crippen LogP contribution in [0.2, 0.25) is 0 Å². The van der Waals surface area contributed by atoms with E-state index in [-0.39, 0.29) is 5.91 Å². The molecule has 0 radical (unpaired) electrons. The van der Waals surface area contributed by atoms with Crippen LogP contribution in [-0.4, -0.2) is 20.7 Å². The number of fused-ring (bicyclic) bond motifs is 1. The van der Waals surface area contributed by atoms with Gasteiger partial charge in [0.15, 0.2) is 0 Å². The minimum atomic E-state index is -0.598. The molecule has 0 bridgehead atoms. The first kappa shape index (κ1) is 14.6. The van der Waals surface area contributed by atoms with Gasteiger partial charge in [0.25, 0.3) is 0 Å². The zero-order valence-corrected chi connectivity index (χ0v) is 12.9. The maximum Gasteiger partial charge on any atom is 0.243 e. The predicted molar refractivity (Wildman–Crippen MR) is 88.4 cm³/mol. The van der Waals surface area contributed by atoms with E-state index in [1.807, 2.05) is 59.1 Å². The van der Waals surface area contributed by atoms with Gasteiger partial charge in [0.2, 0.25) is 5.91 Å². The molecule has 3 aromatic rings. The molecule has 0 aliphatic rings. The third-order valence-corrected chi connectivity index (χ3v) is 3.62. The molecule has 4 nitrogen and oxygen atoms in total. The van der Waals surface area contributed by atoms with Crippen molar-refractivity contribution in [2.24, 2.45) is 0 Å². The summed E-state index contributed by atoms with van der Waals surface area (Å²) in [6.45, 7) is 1.65. The van der Waals surface area contributed by atoms with Crippen molar-refractivity contribution in [3.05, 3.63) is 66.0 Å². The fraction of sp³-hybridized carbons (Fsp3) is 0.176. The molecule has 2 heterocycles. The first-order valence-corrected chi connectivity index (χ1v) is 7.53. The number of anilines is 1. The Kier molecular flexibility index (Phi) is 4.11.